The normalized spacial score (nSPS) is 28.3. The van der Waals surface area contributed by atoms with Crippen molar-refractivity contribution in [1.82, 2.24) is 0 Å². The van der Waals surface area contributed by atoms with E-state index in [4.69, 9.17) is 0 Å². The van der Waals surface area contributed by atoms with E-state index in [0.29, 0.717) is 5.92 Å². The zero-order valence-corrected chi connectivity index (χ0v) is 11.1. The summed E-state index contributed by atoms with van der Waals surface area (Å²) < 4.78 is 0. The Morgan fingerprint density at radius 3 is 2.61 bits per heavy atom. The standard InChI is InChI=1S/C17H24O/c18-17-15(10-9-13-5-1-2-6-13)12-11-14-7-3-4-8-16(14)17/h3-4,7-8,13,15,17-18H,1-2,5-6,9-12H2. The van der Waals surface area contributed by atoms with Gasteiger partial charge in [-0.3, -0.25) is 0 Å². The minimum absolute atomic E-state index is 0.212. The van der Waals surface area contributed by atoms with Gasteiger partial charge in [0.15, 0.2) is 0 Å². The molecular weight excluding hydrogens is 220 g/mol. The van der Waals surface area contributed by atoms with E-state index in [1.807, 2.05) is 0 Å². The van der Waals surface area contributed by atoms with E-state index in [0.717, 1.165) is 12.3 Å². The van der Waals surface area contributed by atoms with Crippen molar-refractivity contribution in [3.05, 3.63) is 35.4 Å². The smallest absolute Gasteiger partial charge is 0.0820 e. The lowest BCUT2D eigenvalue weighted by Crippen LogP contribution is -2.21. The monoisotopic (exact) mass is 244 g/mol. The quantitative estimate of drug-likeness (QED) is 0.842. The SMILES string of the molecule is OC1c2ccccc2CCC1CCC1CCCC1. The first-order chi connectivity index (χ1) is 8.84. The third-order valence-corrected chi connectivity index (χ3v) is 5.03. The van der Waals surface area contributed by atoms with Crippen LogP contribution in [0, 0.1) is 11.8 Å². The molecule has 0 aromatic heterocycles. The Bertz CT molecular complexity index is 392. The summed E-state index contributed by atoms with van der Waals surface area (Å²) in [4.78, 5) is 0. The molecule has 0 spiro atoms. The van der Waals surface area contributed by atoms with E-state index >= 15 is 0 Å². The van der Waals surface area contributed by atoms with Crippen molar-refractivity contribution < 1.29 is 5.11 Å². The molecule has 0 heterocycles. The Kier molecular flexibility index (Phi) is 3.69. The molecule has 3 rings (SSSR count). The molecule has 1 N–H and O–H groups in total. The van der Waals surface area contributed by atoms with Crippen LogP contribution in [0.5, 0.6) is 0 Å². The number of hydrogen-bond donors (Lipinski definition) is 1. The Balaban J connectivity index is 1.61. The summed E-state index contributed by atoms with van der Waals surface area (Å²) in [5.74, 6) is 1.45. The van der Waals surface area contributed by atoms with Crippen LogP contribution in [0.2, 0.25) is 0 Å². The predicted octanol–water partition coefficient (Wildman–Crippen LogP) is 4.25. The van der Waals surface area contributed by atoms with Gasteiger partial charge in [0.25, 0.3) is 0 Å². The molecule has 1 aromatic carbocycles. The van der Waals surface area contributed by atoms with Gasteiger partial charge in [-0.15, -0.1) is 0 Å². The Morgan fingerprint density at radius 2 is 1.78 bits per heavy atom. The van der Waals surface area contributed by atoms with E-state index in [-0.39, 0.29) is 6.10 Å². The summed E-state index contributed by atoms with van der Waals surface area (Å²) in [6.45, 7) is 0. The fourth-order valence-corrected chi connectivity index (χ4v) is 3.85. The molecule has 0 radical (unpaired) electrons. The average molecular weight is 244 g/mol. The number of aliphatic hydroxyl groups is 1. The lowest BCUT2D eigenvalue weighted by Gasteiger charge is -2.30. The van der Waals surface area contributed by atoms with Crippen LogP contribution in [-0.4, -0.2) is 5.11 Å². The van der Waals surface area contributed by atoms with Gasteiger partial charge in [0.1, 0.15) is 0 Å². The average Bonchev–Trinajstić information content (AvgIpc) is 2.91. The Morgan fingerprint density at radius 1 is 1.00 bits per heavy atom. The predicted molar refractivity (Wildman–Crippen MR) is 74.4 cm³/mol. The molecule has 98 valence electrons. The molecule has 2 unspecified atom stereocenters. The zero-order chi connectivity index (χ0) is 12.4. The number of benzene rings is 1. The molecule has 2 aliphatic rings. The third-order valence-electron chi connectivity index (χ3n) is 5.03. The van der Waals surface area contributed by atoms with Crippen molar-refractivity contribution in [2.45, 2.75) is 57.5 Å². The van der Waals surface area contributed by atoms with Gasteiger partial charge in [0.2, 0.25) is 0 Å². The second kappa shape index (κ2) is 5.44. The van der Waals surface area contributed by atoms with Gasteiger partial charge in [0, 0.05) is 0 Å². The van der Waals surface area contributed by atoms with Crippen molar-refractivity contribution in [3.63, 3.8) is 0 Å². The molecule has 2 atom stereocenters. The number of rotatable bonds is 3. The number of hydrogen-bond acceptors (Lipinski definition) is 1. The van der Waals surface area contributed by atoms with Gasteiger partial charge in [-0.25, -0.2) is 0 Å². The molecule has 18 heavy (non-hydrogen) atoms. The maximum atomic E-state index is 10.5. The van der Waals surface area contributed by atoms with E-state index in [2.05, 4.69) is 24.3 Å². The molecule has 1 nitrogen and oxygen atoms in total. The second-order valence-electron chi connectivity index (χ2n) is 6.17. The van der Waals surface area contributed by atoms with E-state index < -0.39 is 0 Å². The van der Waals surface area contributed by atoms with Crippen LogP contribution in [0.25, 0.3) is 0 Å². The summed E-state index contributed by atoms with van der Waals surface area (Å²) in [5, 5.41) is 10.5. The van der Waals surface area contributed by atoms with E-state index in [1.54, 1.807) is 0 Å². The lowest BCUT2D eigenvalue weighted by molar-refractivity contribution is 0.0844. The van der Waals surface area contributed by atoms with Crippen molar-refractivity contribution in [2.24, 2.45) is 11.8 Å². The highest BCUT2D eigenvalue weighted by Gasteiger charge is 2.28. The van der Waals surface area contributed by atoms with Gasteiger partial charge < -0.3 is 5.11 Å². The van der Waals surface area contributed by atoms with Crippen LogP contribution in [0.4, 0.5) is 0 Å². The van der Waals surface area contributed by atoms with Gasteiger partial charge in [-0.2, -0.15) is 0 Å². The molecule has 0 saturated heterocycles. The topological polar surface area (TPSA) is 20.2 Å². The minimum Gasteiger partial charge on any atom is -0.388 e. The minimum atomic E-state index is -0.212. The van der Waals surface area contributed by atoms with Crippen LogP contribution < -0.4 is 0 Å². The summed E-state index contributed by atoms with van der Waals surface area (Å²) in [6, 6.07) is 8.43. The number of fused-ring (bicyclic) bond motifs is 1. The van der Waals surface area contributed by atoms with Crippen LogP contribution in [0.1, 0.15) is 62.2 Å². The van der Waals surface area contributed by atoms with Gasteiger partial charge in [-0.1, -0.05) is 56.4 Å². The van der Waals surface area contributed by atoms with Crippen molar-refractivity contribution in [3.8, 4) is 0 Å². The first-order valence-corrected chi connectivity index (χ1v) is 7.60. The highest BCUT2D eigenvalue weighted by atomic mass is 16.3. The fourth-order valence-electron chi connectivity index (χ4n) is 3.85. The fraction of sp³-hybridized carbons (Fsp3) is 0.647. The van der Waals surface area contributed by atoms with Crippen LogP contribution in [0.15, 0.2) is 24.3 Å². The molecule has 1 heteroatoms. The third kappa shape index (κ3) is 2.47. The maximum absolute atomic E-state index is 10.5. The first kappa shape index (κ1) is 12.2. The number of aryl methyl sites for hydroxylation is 1. The molecule has 1 fully saturated rings. The van der Waals surface area contributed by atoms with Gasteiger partial charge in [-0.05, 0) is 42.2 Å². The van der Waals surface area contributed by atoms with Crippen molar-refractivity contribution >= 4 is 0 Å². The highest BCUT2D eigenvalue weighted by molar-refractivity contribution is 5.31. The first-order valence-electron chi connectivity index (χ1n) is 7.60. The molecule has 1 saturated carbocycles. The summed E-state index contributed by atoms with van der Waals surface area (Å²) in [7, 11) is 0. The molecule has 0 bridgehead atoms. The number of aliphatic hydroxyl groups excluding tert-OH is 1. The van der Waals surface area contributed by atoms with Gasteiger partial charge >= 0.3 is 0 Å². The molecular formula is C17H24O. The summed E-state index contributed by atoms with van der Waals surface area (Å²) in [5.41, 5.74) is 2.56. The van der Waals surface area contributed by atoms with Crippen LogP contribution in [-0.2, 0) is 6.42 Å². The van der Waals surface area contributed by atoms with Crippen LogP contribution >= 0.6 is 0 Å². The summed E-state index contributed by atoms with van der Waals surface area (Å²) in [6.07, 6.45) is 10.4. The maximum Gasteiger partial charge on any atom is 0.0820 e. The van der Waals surface area contributed by atoms with E-state index in [1.165, 1.54) is 56.1 Å². The van der Waals surface area contributed by atoms with Crippen molar-refractivity contribution in [2.75, 3.05) is 0 Å². The highest BCUT2D eigenvalue weighted by Crippen LogP contribution is 2.39. The van der Waals surface area contributed by atoms with E-state index in [9.17, 15) is 5.11 Å². The van der Waals surface area contributed by atoms with Crippen LogP contribution in [0.3, 0.4) is 0 Å². The molecule has 1 aromatic rings. The molecule has 0 aliphatic heterocycles. The zero-order valence-electron chi connectivity index (χ0n) is 11.1. The second-order valence-corrected chi connectivity index (χ2v) is 6.17. The molecule has 0 amide bonds. The lowest BCUT2D eigenvalue weighted by atomic mass is 9.78. The largest absolute Gasteiger partial charge is 0.388 e. The Labute approximate surface area is 110 Å². The Hall–Kier alpha value is -0.820. The van der Waals surface area contributed by atoms with Gasteiger partial charge in [0.05, 0.1) is 6.10 Å². The summed E-state index contributed by atoms with van der Waals surface area (Å²) >= 11 is 0. The molecule has 2 aliphatic carbocycles. The van der Waals surface area contributed by atoms with Crippen molar-refractivity contribution in [1.29, 1.82) is 0 Å².